The van der Waals surface area contributed by atoms with E-state index in [1.54, 1.807) is 30.3 Å². The van der Waals surface area contributed by atoms with E-state index in [-0.39, 0.29) is 16.7 Å². The second-order valence-corrected chi connectivity index (χ2v) is 5.19. The lowest BCUT2D eigenvalue weighted by atomic mass is 10.1. The Balaban J connectivity index is 2.13. The molecule has 2 rings (SSSR count). The predicted octanol–water partition coefficient (Wildman–Crippen LogP) is 3.84. The molecule has 2 aromatic carbocycles. The SMILES string of the molecule is CCOc1cc(CNc2cccc(C(=O)OC)c2)cc(Cl)c1O. The molecule has 0 heterocycles. The molecule has 0 radical (unpaired) electrons. The molecule has 0 spiro atoms. The van der Waals surface area contributed by atoms with Gasteiger partial charge in [-0.25, -0.2) is 4.79 Å². The molecule has 0 aliphatic carbocycles. The molecule has 0 unspecified atom stereocenters. The van der Waals surface area contributed by atoms with Gasteiger partial charge in [0.25, 0.3) is 0 Å². The fraction of sp³-hybridized carbons (Fsp3) is 0.235. The molecular formula is C17H18ClNO4. The van der Waals surface area contributed by atoms with E-state index in [0.29, 0.717) is 24.5 Å². The molecule has 2 aromatic rings. The number of nitrogens with one attached hydrogen (secondary N) is 1. The third-order valence-electron chi connectivity index (χ3n) is 3.17. The van der Waals surface area contributed by atoms with Crippen molar-refractivity contribution in [1.82, 2.24) is 0 Å². The third-order valence-corrected chi connectivity index (χ3v) is 3.46. The number of methoxy groups -OCH3 is 1. The van der Waals surface area contributed by atoms with Gasteiger partial charge in [0.15, 0.2) is 11.5 Å². The molecule has 0 aliphatic heterocycles. The number of phenolic OH excluding ortho intramolecular Hbond substituents is 1. The smallest absolute Gasteiger partial charge is 0.337 e. The van der Waals surface area contributed by atoms with E-state index in [9.17, 15) is 9.90 Å². The van der Waals surface area contributed by atoms with Gasteiger partial charge in [-0.05, 0) is 42.8 Å². The predicted molar refractivity (Wildman–Crippen MR) is 89.4 cm³/mol. The first-order chi connectivity index (χ1) is 11.0. The summed E-state index contributed by atoms with van der Waals surface area (Å²) in [6, 6.07) is 10.4. The summed E-state index contributed by atoms with van der Waals surface area (Å²) in [5.74, 6) is -0.106. The zero-order chi connectivity index (χ0) is 16.8. The van der Waals surface area contributed by atoms with Gasteiger partial charge < -0.3 is 19.9 Å². The van der Waals surface area contributed by atoms with Gasteiger partial charge in [0.2, 0.25) is 0 Å². The summed E-state index contributed by atoms with van der Waals surface area (Å²) >= 11 is 6.00. The summed E-state index contributed by atoms with van der Waals surface area (Å²) in [5, 5.41) is 13.3. The summed E-state index contributed by atoms with van der Waals surface area (Å²) in [7, 11) is 1.34. The highest BCUT2D eigenvalue weighted by molar-refractivity contribution is 6.32. The van der Waals surface area contributed by atoms with Crippen LogP contribution in [0.4, 0.5) is 5.69 Å². The van der Waals surface area contributed by atoms with Gasteiger partial charge in [0.1, 0.15) is 0 Å². The molecule has 0 saturated carbocycles. The van der Waals surface area contributed by atoms with Crippen molar-refractivity contribution in [1.29, 1.82) is 0 Å². The van der Waals surface area contributed by atoms with Crippen LogP contribution in [-0.4, -0.2) is 24.8 Å². The maximum atomic E-state index is 11.5. The Bertz CT molecular complexity index is 703. The van der Waals surface area contributed by atoms with Crippen LogP contribution in [0.3, 0.4) is 0 Å². The van der Waals surface area contributed by atoms with Gasteiger partial charge in [-0.2, -0.15) is 0 Å². The standard InChI is InChI=1S/C17H18ClNO4/c1-3-23-15-8-11(7-14(18)16(15)20)10-19-13-6-4-5-12(9-13)17(21)22-2/h4-9,19-20H,3,10H2,1-2H3. The van der Waals surface area contributed by atoms with E-state index in [4.69, 9.17) is 21.1 Å². The van der Waals surface area contributed by atoms with Gasteiger partial charge in [-0.1, -0.05) is 17.7 Å². The summed E-state index contributed by atoms with van der Waals surface area (Å²) in [4.78, 5) is 11.5. The average molecular weight is 336 g/mol. The van der Waals surface area contributed by atoms with Crippen molar-refractivity contribution >= 4 is 23.3 Å². The highest BCUT2D eigenvalue weighted by atomic mass is 35.5. The number of aromatic hydroxyl groups is 1. The maximum absolute atomic E-state index is 11.5. The average Bonchev–Trinajstić information content (AvgIpc) is 2.57. The zero-order valence-electron chi connectivity index (χ0n) is 12.9. The molecule has 0 fully saturated rings. The lowest BCUT2D eigenvalue weighted by molar-refractivity contribution is 0.0601. The number of halogens is 1. The highest BCUT2D eigenvalue weighted by Gasteiger charge is 2.10. The Hall–Kier alpha value is -2.40. The van der Waals surface area contributed by atoms with Gasteiger partial charge >= 0.3 is 5.97 Å². The van der Waals surface area contributed by atoms with E-state index in [1.165, 1.54) is 7.11 Å². The Labute approximate surface area is 139 Å². The first-order valence-electron chi connectivity index (χ1n) is 7.11. The van der Waals surface area contributed by atoms with Gasteiger partial charge in [-0.15, -0.1) is 0 Å². The van der Waals surface area contributed by atoms with Crippen molar-refractivity contribution in [2.75, 3.05) is 19.0 Å². The Morgan fingerprint density at radius 1 is 1.30 bits per heavy atom. The van der Waals surface area contributed by atoms with Crippen LogP contribution in [-0.2, 0) is 11.3 Å². The Morgan fingerprint density at radius 2 is 2.09 bits per heavy atom. The summed E-state index contributed by atoms with van der Waals surface area (Å²) in [6.07, 6.45) is 0. The van der Waals surface area contributed by atoms with Gasteiger partial charge in [0, 0.05) is 12.2 Å². The molecule has 6 heteroatoms. The first-order valence-corrected chi connectivity index (χ1v) is 7.49. The normalized spacial score (nSPS) is 10.2. The summed E-state index contributed by atoms with van der Waals surface area (Å²) in [6.45, 7) is 2.73. The van der Waals surface area contributed by atoms with Crippen LogP contribution in [0.15, 0.2) is 36.4 Å². The number of carbonyl (C=O) groups excluding carboxylic acids is 1. The van der Waals surface area contributed by atoms with E-state index in [0.717, 1.165) is 11.3 Å². The molecule has 23 heavy (non-hydrogen) atoms. The maximum Gasteiger partial charge on any atom is 0.337 e. The van der Waals surface area contributed by atoms with Crippen LogP contribution in [0, 0.1) is 0 Å². The first kappa shape index (κ1) is 17.0. The fourth-order valence-electron chi connectivity index (χ4n) is 2.07. The number of hydrogen-bond acceptors (Lipinski definition) is 5. The van der Waals surface area contributed by atoms with Crippen LogP contribution >= 0.6 is 11.6 Å². The lowest BCUT2D eigenvalue weighted by Crippen LogP contribution is -2.04. The molecular weight excluding hydrogens is 318 g/mol. The summed E-state index contributed by atoms with van der Waals surface area (Å²) in [5.41, 5.74) is 2.09. The molecule has 0 saturated heterocycles. The number of anilines is 1. The number of rotatable bonds is 6. The minimum atomic E-state index is -0.389. The topological polar surface area (TPSA) is 67.8 Å². The third kappa shape index (κ3) is 4.29. The largest absolute Gasteiger partial charge is 0.503 e. The van der Waals surface area contributed by atoms with Crippen molar-refractivity contribution in [3.05, 3.63) is 52.5 Å². The van der Waals surface area contributed by atoms with Crippen LogP contribution in [0.25, 0.3) is 0 Å². The monoisotopic (exact) mass is 335 g/mol. The molecule has 0 bridgehead atoms. The van der Waals surface area contributed by atoms with Crippen LogP contribution in [0.2, 0.25) is 5.02 Å². The zero-order valence-corrected chi connectivity index (χ0v) is 13.7. The molecule has 2 N–H and O–H groups in total. The second-order valence-electron chi connectivity index (χ2n) is 4.78. The number of carbonyl (C=O) groups is 1. The van der Waals surface area contributed by atoms with Crippen molar-refractivity contribution in [3.8, 4) is 11.5 Å². The number of phenols is 1. The lowest BCUT2D eigenvalue weighted by Gasteiger charge is -2.12. The van der Waals surface area contributed by atoms with E-state index >= 15 is 0 Å². The van der Waals surface area contributed by atoms with Crippen LogP contribution < -0.4 is 10.1 Å². The molecule has 122 valence electrons. The number of ether oxygens (including phenoxy) is 2. The Morgan fingerprint density at radius 3 is 2.78 bits per heavy atom. The van der Waals surface area contributed by atoms with Crippen molar-refractivity contribution in [2.45, 2.75) is 13.5 Å². The quantitative estimate of drug-likeness (QED) is 0.785. The minimum Gasteiger partial charge on any atom is -0.503 e. The van der Waals surface area contributed by atoms with E-state index < -0.39 is 0 Å². The fourth-order valence-corrected chi connectivity index (χ4v) is 2.31. The second kappa shape index (κ2) is 7.74. The van der Waals surface area contributed by atoms with Crippen molar-refractivity contribution in [3.63, 3.8) is 0 Å². The Kier molecular flexibility index (Phi) is 5.71. The van der Waals surface area contributed by atoms with Crippen molar-refractivity contribution in [2.24, 2.45) is 0 Å². The number of hydrogen-bond donors (Lipinski definition) is 2. The van der Waals surface area contributed by atoms with E-state index in [2.05, 4.69) is 5.32 Å². The van der Waals surface area contributed by atoms with Gasteiger partial charge in [-0.3, -0.25) is 0 Å². The molecule has 0 amide bonds. The molecule has 5 nitrogen and oxygen atoms in total. The molecule has 0 aliphatic rings. The van der Waals surface area contributed by atoms with Crippen LogP contribution in [0.5, 0.6) is 11.5 Å². The van der Waals surface area contributed by atoms with Crippen LogP contribution in [0.1, 0.15) is 22.8 Å². The number of esters is 1. The number of benzene rings is 2. The minimum absolute atomic E-state index is 0.0649. The highest BCUT2D eigenvalue weighted by Crippen LogP contribution is 2.35. The molecule has 0 aromatic heterocycles. The van der Waals surface area contributed by atoms with Gasteiger partial charge in [0.05, 0.1) is 24.3 Å². The van der Waals surface area contributed by atoms with E-state index in [1.807, 2.05) is 13.0 Å². The summed E-state index contributed by atoms with van der Waals surface area (Å²) < 4.78 is 10.0. The molecule has 0 atom stereocenters. The van der Waals surface area contributed by atoms with Crippen molar-refractivity contribution < 1.29 is 19.4 Å².